The summed E-state index contributed by atoms with van der Waals surface area (Å²) in [6, 6.07) is 15.5. The lowest BCUT2D eigenvalue weighted by Crippen LogP contribution is -2.28. The molecule has 32 heavy (non-hydrogen) atoms. The van der Waals surface area contributed by atoms with Crippen LogP contribution in [0.2, 0.25) is 10.0 Å². The highest BCUT2D eigenvalue weighted by atomic mass is 35.5. The van der Waals surface area contributed by atoms with Crippen molar-refractivity contribution in [2.75, 3.05) is 0 Å². The van der Waals surface area contributed by atoms with E-state index in [0.717, 1.165) is 41.7 Å². The Morgan fingerprint density at radius 3 is 2.72 bits per heavy atom. The van der Waals surface area contributed by atoms with E-state index < -0.39 is 0 Å². The van der Waals surface area contributed by atoms with Crippen LogP contribution >= 0.6 is 34.5 Å². The van der Waals surface area contributed by atoms with Gasteiger partial charge in [-0.05, 0) is 60.7 Å². The number of fused-ring (bicyclic) bond motifs is 1. The number of aryl methyl sites for hydroxylation is 1. The second-order valence-electron chi connectivity index (χ2n) is 7.88. The lowest BCUT2D eigenvalue weighted by molar-refractivity contribution is 0.0935. The fraction of sp³-hybridized carbons (Fsp3) is 0.280. The van der Waals surface area contributed by atoms with Gasteiger partial charge < -0.3 is 9.88 Å². The molecule has 0 bridgehead atoms. The number of carbonyl (C=O) groups excluding carboxylic acids is 1. The van der Waals surface area contributed by atoms with Gasteiger partial charge >= 0.3 is 0 Å². The first-order chi connectivity index (χ1) is 15.5. The van der Waals surface area contributed by atoms with Gasteiger partial charge in [-0.25, -0.2) is 4.98 Å². The summed E-state index contributed by atoms with van der Waals surface area (Å²) in [5.74, 6) is 0.807. The highest BCUT2D eigenvalue weighted by Crippen LogP contribution is 2.26. The Labute approximate surface area is 202 Å². The van der Waals surface area contributed by atoms with Gasteiger partial charge in [-0.3, -0.25) is 4.79 Å². The number of hydrogen-bond acceptors (Lipinski definition) is 3. The molecule has 1 atom stereocenters. The fourth-order valence-electron chi connectivity index (χ4n) is 3.84. The zero-order valence-corrected chi connectivity index (χ0v) is 20.4. The van der Waals surface area contributed by atoms with Crippen LogP contribution in [0.3, 0.4) is 0 Å². The summed E-state index contributed by atoms with van der Waals surface area (Å²) in [6.07, 6.45) is 3.10. The van der Waals surface area contributed by atoms with E-state index in [-0.39, 0.29) is 11.9 Å². The van der Waals surface area contributed by atoms with Crippen molar-refractivity contribution < 1.29 is 4.79 Å². The molecule has 4 nitrogen and oxygen atoms in total. The Kier molecular flexibility index (Phi) is 7.19. The van der Waals surface area contributed by atoms with Crippen LogP contribution < -0.4 is 5.32 Å². The number of halogens is 2. The number of thiophene rings is 1. The van der Waals surface area contributed by atoms with Crippen molar-refractivity contribution in [2.24, 2.45) is 0 Å². The standard InChI is InChI=1S/C25H25Cl2N3OS/c1-3-4-6-21(24-7-5-12-32-24)29-25(31)18-9-11-23-22(14-18)28-16(2)30(23)15-17-8-10-19(26)20(27)13-17/h5,7-14,21H,3-4,6,15H2,1-2H3,(H,29,31). The first-order valence-corrected chi connectivity index (χ1v) is 12.3. The summed E-state index contributed by atoms with van der Waals surface area (Å²) in [5.41, 5.74) is 3.44. The summed E-state index contributed by atoms with van der Waals surface area (Å²) < 4.78 is 2.12. The quantitative estimate of drug-likeness (QED) is 0.282. The molecule has 0 spiro atoms. The average molecular weight is 486 g/mol. The molecule has 0 aliphatic rings. The zero-order chi connectivity index (χ0) is 22.7. The second-order valence-corrected chi connectivity index (χ2v) is 9.67. The molecule has 1 unspecified atom stereocenters. The van der Waals surface area contributed by atoms with E-state index in [1.54, 1.807) is 17.4 Å². The van der Waals surface area contributed by atoms with Gasteiger partial charge in [0, 0.05) is 17.0 Å². The summed E-state index contributed by atoms with van der Waals surface area (Å²) in [4.78, 5) is 18.9. The average Bonchev–Trinajstić information content (AvgIpc) is 3.41. The minimum absolute atomic E-state index is 0.0343. The van der Waals surface area contributed by atoms with E-state index in [0.29, 0.717) is 22.2 Å². The Morgan fingerprint density at radius 2 is 2.00 bits per heavy atom. The van der Waals surface area contributed by atoms with Crippen LogP contribution in [0.4, 0.5) is 0 Å². The largest absolute Gasteiger partial charge is 0.344 e. The van der Waals surface area contributed by atoms with Crippen molar-refractivity contribution in [2.45, 2.75) is 45.7 Å². The monoisotopic (exact) mass is 485 g/mol. The smallest absolute Gasteiger partial charge is 0.251 e. The van der Waals surface area contributed by atoms with Gasteiger partial charge in [0.15, 0.2) is 0 Å². The summed E-state index contributed by atoms with van der Waals surface area (Å²) in [7, 11) is 0. The van der Waals surface area contributed by atoms with Crippen LogP contribution in [-0.4, -0.2) is 15.5 Å². The maximum atomic E-state index is 13.0. The number of unbranched alkanes of at least 4 members (excludes halogenated alkanes) is 1. The molecule has 1 amide bonds. The molecule has 7 heteroatoms. The van der Waals surface area contributed by atoms with Gasteiger partial charge in [0.25, 0.3) is 5.91 Å². The molecule has 4 rings (SSSR count). The van der Waals surface area contributed by atoms with E-state index in [1.165, 1.54) is 4.88 Å². The van der Waals surface area contributed by atoms with Gasteiger partial charge in [-0.1, -0.05) is 55.1 Å². The Morgan fingerprint density at radius 1 is 1.16 bits per heavy atom. The topological polar surface area (TPSA) is 46.9 Å². The molecular formula is C25H25Cl2N3OS. The van der Waals surface area contributed by atoms with E-state index in [1.807, 2.05) is 43.3 Å². The number of nitrogens with zero attached hydrogens (tertiary/aromatic N) is 2. The Bertz CT molecular complexity index is 1230. The highest BCUT2D eigenvalue weighted by molar-refractivity contribution is 7.10. The number of imidazole rings is 1. The van der Waals surface area contributed by atoms with Crippen molar-refractivity contribution >= 4 is 51.5 Å². The summed E-state index contributed by atoms with van der Waals surface area (Å²) >= 11 is 13.9. The molecule has 0 fully saturated rings. The van der Waals surface area contributed by atoms with Crippen molar-refractivity contribution in [1.82, 2.24) is 14.9 Å². The molecule has 2 aromatic carbocycles. The Balaban J connectivity index is 1.57. The normalized spacial score (nSPS) is 12.2. The fourth-order valence-corrected chi connectivity index (χ4v) is 4.97. The van der Waals surface area contributed by atoms with E-state index in [4.69, 9.17) is 28.2 Å². The second kappa shape index (κ2) is 10.1. The number of aromatic nitrogens is 2. The molecule has 1 N–H and O–H groups in total. The highest BCUT2D eigenvalue weighted by Gasteiger charge is 2.18. The van der Waals surface area contributed by atoms with Crippen LogP contribution in [0.25, 0.3) is 11.0 Å². The first kappa shape index (κ1) is 22.8. The number of amides is 1. The number of nitrogens with one attached hydrogen (secondary N) is 1. The van der Waals surface area contributed by atoms with Gasteiger partial charge in [0.05, 0.1) is 27.1 Å². The van der Waals surface area contributed by atoms with Gasteiger partial charge in [-0.2, -0.15) is 0 Å². The van der Waals surface area contributed by atoms with Crippen LogP contribution in [0.5, 0.6) is 0 Å². The molecule has 0 saturated heterocycles. The predicted octanol–water partition coefficient (Wildman–Crippen LogP) is 7.42. The number of hydrogen-bond donors (Lipinski definition) is 1. The van der Waals surface area contributed by atoms with Gasteiger partial charge in [0.1, 0.15) is 5.82 Å². The van der Waals surface area contributed by atoms with E-state index >= 15 is 0 Å². The summed E-state index contributed by atoms with van der Waals surface area (Å²) in [5, 5.41) is 6.34. The third-order valence-electron chi connectivity index (χ3n) is 5.56. The maximum Gasteiger partial charge on any atom is 0.251 e. The van der Waals surface area contributed by atoms with Crippen LogP contribution in [-0.2, 0) is 6.54 Å². The predicted molar refractivity (Wildman–Crippen MR) is 134 cm³/mol. The molecule has 0 saturated carbocycles. The minimum Gasteiger partial charge on any atom is -0.344 e. The van der Waals surface area contributed by atoms with Gasteiger partial charge in [-0.15, -0.1) is 11.3 Å². The van der Waals surface area contributed by atoms with Gasteiger partial charge in [0.2, 0.25) is 0 Å². The molecular weight excluding hydrogens is 461 g/mol. The number of carbonyl (C=O) groups is 1. The Hall–Kier alpha value is -2.34. The van der Waals surface area contributed by atoms with Crippen molar-refractivity contribution in [1.29, 1.82) is 0 Å². The van der Waals surface area contributed by atoms with Crippen molar-refractivity contribution in [3.63, 3.8) is 0 Å². The maximum absolute atomic E-state index is 13.0. The van der Waals surface area contributed by atoms with E-state index in [2.05, 4.69) is 28.3 Å². The minimum atomic E-state index is -0.0712. The third-order valence-corrected chi connectivity index (χ3v) is 7.29. The van der Waals surface area contributed by atoms with Crippen LogP contribution in [0.15, 0.2) is 53.9 Å². The van der Waals surface area contributed by atoms with Crippen LogP contribution in [0, 0.1) is 6.92 Å². The number of rotatable bonds is 8. The zero-order valence-electron chi connectivity index (χ0n) is 18.1. The molecule has 0 radical (unpaired) electrons. The molecule has 2 aromatic heterocycles. The first-order valence-electron chi connectivity index (χ1n) is 10.7. The lowest BCUT2D eigenvalue weighted by Gasteiger charge is -2.17. The molecule has 4 aromatic rings. The molecule has 166 valence electrons. The van der Waals surface area contributed by atoms with Crippen molar-refractivity contribution in [3.05, 3.63) is 85.8 Å². The van der Waals surface area contributed by atoms with Crippen LogP contribution in [0.1, 0.15) is 58.9 Å². The lowest BCUT2D eigenvalue weighted by atomic mass is 10.1. The summed E-state index contributed by atoms with van der Waals surface area (Å²) in [6.45, 7) is 4.76. The third kappa shape index (κ3) is 5.01. The van der Waals surface area contributed by atoms with Crippen molar-refractivity contribution in [3.8, 4) is 0 Å². The number of benzene rings is 2. The van der Waals surface area contributed by atoms with E-state index in [9.17, 15) is 4.79 Å². The molecule has 2 heterocycles. The molecule has 0 aliphatic carbocycles. The molecule has 0 aliphatic heterocycles. The SMILES string of the molecule is CCCCC(NC(=O)c1ccc2c(c1)nc(C)n2Cc1ccc(Cl)c(Cl)c1)c1cccs1.